The second-order valence-electron chi connectivity index (χ2n) is 4.48. The van der Waals surface area contributed by atoms with Gasteiger partial charge in [-0.2, -0.15) is 4.31 Å². The molecule has 1 aliphatic rings. The Bertz CT molecular complexity index is 566. The van der Waals surface area contributed by atoms with Crippen molar-refractivity contribution in [3.8, 4) is 0 Å². The van der Waals surface area contributed by atoms with Crippen molar-refractivity contribution in [2.45, 2.75) is 32.7 Å². The lowest BCUT2D eigenvalue weighted by atomic mass is 10.2. The number of hydrogen-bond acceptors (Lipinski definition) is 5. The zero-order chi connectivity index (χ0) is 14.0. The van der Waals surface area contributed by atoms with Gasteiger partial charge in [-0.05, 0) is 26.7 Å². The van der Waals surface area contributed by atoms with Crippen molar-refractivity contribution >= 4 is 21.7 Å². The van der Waals surface area contributed by atoms with E-state index in [4.69, 9.17) is 4.52 Å². The Labute approximate surface area is 112 Å². The molecule has 8 heteroatoms. The minimum absolute atomic E-state index is 0.000150. The first-order valence-electron chi connectivity index (χ1n) is 6.17. The highest BCUT2D eigenvalue weighted by Crippen LogP contribution is 2.22. The number of anilines is 1. The SMILES string of the molecule is CCS(=O)(=O)N1CCCC1C(=O)Nc1cc(C)on1. The number of rotatable bonds is 4. The summed E-state index contributed by atoms with van der Waals surface area (Å²) in [6.45, 7) is 3.68. The van der Waals surface area contributed by atoms with E-state index in [1.807, 2.05) is 0 Å². The summed E-state index contributed by atoms with van der Waals surface area (Å²) < 4.78 is 29.9. The lowest BCUT2D eigenvalue weighted by Gasteiger charge is -2.22. The molecule has 2 rings (SSSR count). The molecule has 1 fully saturated rings. The molecular weight excluding hydrogens is 270 g/mol. The summed E-state index contributed by atoms with van der Waals surface area (Å²) in [5.41, 5.74) is 0. The minimum atomic E-state index is -3.35. The van der Waals surface area contributed by atoms with Gasteiger partial charge < -0.3 is 9.84 Å². The third-order valence-electron chi connectivity index (χ3n) is 3.11. The predicted molar refractivity (Wildman–Crippen MR) is 69.1 cm³/mol. The molecule has 0 radical (unpaired) electrons. The van der Waals surface area contributed by atoms with Gasteiger partial charge in [0.25, 0.3) is 0 Å². The number of amides is 1. The predicted octanol–water partition coefficient (Wildman–Crippen LogP) is 0.736. The largest absolute Gasteiger partial charge is 0.360 e. The molecule has 1 aromatic rings. The van der Waals surface area contributed by atoms with Gasteiger partial charge in [-0.15, -0.1) is 0 Å². The Morgan fingerprint density at radius 2 is 2.37 bits per heavy atom. The van der Waals surface area contributed by atoms with Crippen LogP contribution >= 0.6 is 0 Å². The number of nitrogens with zero attached hydrogens (tertiary/aromatic N) is 2. The molecule has 1 saturated heterocycles. The van der Waals surface area contributed by atoms with E-state index in [0.717, 1.165) is 0 Å². The molecular formula is C11H17N3O4S. The Morgan fingerprint density at radius 1 is 1.63 bits per heavy atom. The molecule has 1 N–H and O–H groups in total. The van der Waals surface area contributed by atoms with Crippen molar-refractivity contribution < 1.29 is 17.7 Å². The zero-order valence-corrected chi connectivity index (χ0v) is 11.7. The van der Waals surface area contributed by atoms with Crippen molar-refractivity contribution in [3.05, 3.63) is 11.8 Å². The van der Waals surface area contributed by atoms with Gasteiger partial charge in [0.1, 0.15) is 11.8 Å². The third kappa shape index (κ3) is 2.95. The Balaban J connectivity index is 2.10. The molecule has 1 unspecified atom stereocenters. The molecule has 2 heterocycles. The molecule has 0 aromatic carbocycles. The maximum absolute atomic E-state index is 12.1. The number of hydrogen-bond donors (Lipinski definition) is 1. The van der Waals surface area contributed by atoms with Crippen LogP contribution in [0, 0.1) is 6.92 Å². The maximum Gasteiger partial charge on any atom is 0.244 e. The number of sulfonamides is 1. The zero-order valence-electron chi connectivity index (χ0n) is 10.9. The van der Waals surface area contributed by atoms with Gasteiger partial charge in [0.2, 0.25) is 15.9 Å². The van der Waals surface area contributed by atoms with Crippen LogP contribution in [0.2, 0.25) is 0 Å². The Morgan fingerprint density at radius 3 is 2.95 bits per heavy atom. The monoisotopic (exact) mass is 287 g/mol. The number of carbonyl (C=O) groups is 1. The van der Waals surface area contributed by atoms with Crippen molar-refractivity contribution in [1.29, 1.82) is 0 Å². The topological polar surface area (TPSA) is 92.5 Å². The first kappa shape index (κ1) is 14.0. The smallest absolute Gasteiger partial charge is 0.244 e. The molecule has 7 nitrogen and oxygen atoms in total. The summed E-state index contributed by atoms with van der Waals surface area (Å²) in [4.78, 5) is 12.1. The molecule has 0 bridgehead atoms. The molecule has 19 heavy (non-hydrogen) atoms. The summed E-state index contributed by atoms with van der Waals surface area (Å²) >= 11 is 0. The lowest BCUT2D eigenvalue weighted by Crippen LogP contribution is -2.43. The number of aryl methyl sites for hydroxylation is 1. The highest BCUT2D eigenvalue weighted by molar-refractivity contribution is 7.89. The lowest BCUT2D eigenvalue weighted by molar-refractivity contribution is -0.119. The Hall–Kier alpha value is -1.41. The number of nitrogens with one attached hydrogen (secondary N) is 1. The summed E-state index contributed by atoms with van der Waals surface area (Å²) in [5.74, 6) is 0.533. The molecule has 1 aliphatic heterocycles. The molecule has 0 saturated carbocycles. The molecule has 1 aromatic heterocycles. The van der Waals surface area contributed by atoms with Crippen LogP contribution in [0.4, 0.5) is 5.82 Å². The normalized spacial score (nSPS) is 20.6. The second-order valence-corrected chi connectivity index (χ2v) is 6.69. The molecule has 1 amide bonds. The van der Waals surface area contributed by atoms with Gasteiger partial charge in [0.15, 0.2) is 5.82 Å². The number of aromatic nitrogens is 1. The molecule has 1 atom stereocenters. The van der Waals surface area contributed by atoms with Crippen LogP contribution in [-0.2, 0) is 14.8 Å². The molecule has 0 spiro atoms. The molecule has 106 valence electrons. The van der Waals surface area contributed by atoms with Gasteiger partial charge >= 0.3 is 0 Å². The van der Waals surface area contributed by atoms with E-state index in [1.54, 1.807) is 19.9 Å². The van der Waals surface area contributed by atoms with E-state index in [2.05, 4.69) is 10.5 Å². The van der Waals surface area contributed by atoms with Crippen molar-refractivity contribution in [1.82, 2.24) is 9.46 Å². The van der Waals surface area contributed by atoms with Gasteiger partial charge in [0, 0.05) is 12.6 Å². The fourth-order valence-corrected chi connectivity index (χ4v) is 3.46. The van der Waals surface area contributed by atoms with E-state index in [0.29, 0.717) is 31.0 Å². The number of carbonyl (C=O) groups excluding carboxylic acids is 1. The summed E-state index contributed by atoms with van der Waals surface area (Å²) in [6, 6.07) is 0.938. The van der Waals surface area contributed by atoms with E-state index in [9.17, 15) is 13.2 Å². The van der Waals surface area contributed by atoms with Gasteiger partial charge in [-0.25, -0.2) is 8.42 Å². The van der Waals surface area contributed by atoms with Gasteiger partial charge in [-0.1, -0.05) is 5.16 Å². The van der Waals surface area contributed by atoms with Crippen LogP contribution in [-0.4, -0.2) is 42.1 Å². The van der Waals surface area contributed by atoms with Crippen molar-refractivity contribution in [2.75, 3.05) is 17.6 Å². The quantitative estimate of drug-likeness (QED) is 0.881. The van der Waals surface area contributed by atoms with Crippen LogP contribution in [0.5, 0.6) is 0 Å². The van der Waals surface area contributed by atoms with Crippen molar-refractivity contribution in [3.63, 3.8) is 0 Å². The average molecular weight is 287 g/mol. The fraction of sp³-hybridized carbons (Fsp3) is 0.636. The van der Waals surface area contributed by atoms with Crippen LogP contribution in [0.1, 0.15) is 25.5 Å². The standard InChI is InChI=1S/C11H17N3O4S/c1-3-19(16,17)14-6-4-5-9(14)11(15)12-10-7-8(2)18-13-10/h7,9H,3-6H2,1-2H3,(H,12,13,15). The first-order valence-corrected chi connectivity index (χ1v) is 7.78. The van der Waals surface area contributed by atoms with Crippen molar-refractivity contribution in [2.24, 2.45) is 0 Å². The maximum atomic E-state index is 12.1. The van der Waals surface area contributed by atoms with Crippen LogP contribution < -0.4 is 5.32 Å². The first-order chi connectivity index (χ1) is 8.94. The van der Waals surface area contributed by atoms with Crippen LogP contribution in [0.15, 0.2) is 10.6 Å². The summed E-state index contributed by atoms with van der Waals surface area (Å²) in [7, 11) is -3.35. The van der Waals surface area contributed by atoms with Gasteiger partial charge in [-0.3, -0.25) is 4.79 Å². The summed E-state index contributed by atoms with van der Waals surface area (Å²) in [5, 5.41) is 6.24. The van der Waals surface area contributed by atoms with E-state index >= 15 is 0 Å². The summed E-state index contributed by atoms with van der Waals surface area (Å²) in [6.07, 6.45) is 1.22. The average Bonchev–Trinajstić information content (AvgIpc) is 2.98. The minimum Gasteiger partial charge on any atom is -0.360 e. The fourth-order valence-electron chi connectivity index (χ4n) is 2.14. The molecule has 0 aliphatic carbocycles. The van der Waals surface area contributed by atoms with E-state index in [1.165, 1.54) is 4.31 Å². The van der Waals surface area contributed by atoms with E-state index < -0.39 is 16.1 Å². The van der Waals surface area contributed by atoms with Gasteiger partial charge in [0.05, 0.1) is 5.75 Å². The van der Waals surface area contributed by atoms with Crippen LogP contribution in [0.3, 0.4) is 0 Å². The van der Waals surface area contributed by atoms with E-state index in [-0.39, 0.29) is 11.7 Å². The van der Waals surface area contributed by atoms with Crippen LogP contribution in [0.25, 0.3) is 0 Å². The third-order valence-corrected chi connectivity index (χ3v) is 4.99. The highest BCUT2D eigenvalue weighted by atomic mass is 32.2. The highest BCUT2D eigenvalue weighted by Gasteiger charge is 2.37. The second kappa shape index (κ2) is 5.30. The Kier molecular flexibility index (Phi) is 3.91.